The highest BCUT2D eigenvalue weighted by Gasteiger charge is 2.37. The Balaban J connectivity index is 2.38. The standard InChI is InChI=1S/C13H12F3N5O/c14-13(15,16)10-8(2-1-7-3-5-19-6-4-7)20-9(12(18)22)11(17)21-10/h3-6H,1-2H2,(H2,17,21)(H2,18,22). The van der Waals surface area contributed by atoms with Crippen molar-refractivity contribution in [3.63, 3.8) is 0 Å². The zero-order chi connectivity index (χ0) is 16.3. The van der Waals surface area contributed by atoms with Crippen molar-refractivity contribution in [3.8, 4) is 0 Å². The first-order valence-electron chi connectivity index (χ1n) is 6.21. The van der Waals surface area contributed by atoms with Gasteiger partial charge in [0.15, 0.2) is 17.2 Å². The Morgan fingerprint density at radius 2 is 1.77 bits per heavy atom. The summed E-state index contributed by atoms with van der Waals surface area (Å²) in [5.74, 6) is -1.66. The van der Waals surface area contributed by atoms with Gasteiger partial charge in [0.1, 0.15) is 0 Å². The number of pyridine rings is 1. The fourth-order valence-corrected chi connectivity index (χ4v) is 1.88. The van der Waals surface area contributed by atoms with Crippen molar-refractivity contribution in [1.82, 2.24) is 15.0 Å². The fraction of sp³-hybridized carbons (Fsp3) is 0.231. The summed E-state index contributed by atoms with van der Waals surface area (Å²) in [4.78, 5) is 21.9. The first-order valence-corrected chi connectivity index (χ1v) is 6.21. The van der Waals surface area contributed by atoms with E-state index in [0.717, 1.165) is 5.56 Å². The molecule has 22 heavy (non-hydrogen) atoms. The molecule has 2 rings (SSSR count). The van der Waals surface area contributed by atoms with Crippen LogP contribution in [-0.2, 0) is 19.0 Å². The molecule has 0 fully saturated rings. The van der Waals surface area contributed by atoms with Crippen LogP contribution in [-0.4, -0.2) is 20.9 Å². The first-order chi connectivity index (χ1) is 10.3. The number of rotatable bonds is 4. The average molecular weight is 311 g/mol. The number of nitrogens with two attached hydrogens (primary N) is 2. The molecule has 0 aromatic carbocycles. The van der Waals surface area contributed by atoms with Gasteiger partial charge in [-0.15, -0.1) is 0 Å². The molecular weight excluding hydrogens is 299 g/mol. The van der Waals surface area contributed by atoms with Crippen molar-refractivity contribution in [2.24, 2.45) is 5.73 Å². The number of hydrogen-bond donors (Lipinski definition) is 2. The molecule has 116 valence electrons. The molecule has 2 aromatic rings. The molecule has 4 N–H and O–H groups in total. The van der Waals surface area contributed by atoms with E-state index in [0.29, 0.717) is 0 Å². The number of nitrogens with zero attached hydrogens (tertiary/aromatic N) is 3. The quantitative estimate of drug-likeness (QED) is 0.886. The number of amides is 1. The number of alkyl halides is 3. The van der Waals surface area contributed by atoms with Crippen molar-refractivity contribution in [1.29, 1.82) is 0 Å². The minimum absolute atomic E-state index is 0.0631. The third kappa shape index (κ3) is 3.48. The summed E-state index contributed by atoms with van der Waals surface area (Å²) < 4.78 is 39.0. The lowest BCUT2D eigenvalue weighted by molar-refractivity contribution is -0.142. The van der Waals surface area contributed by atoms with E-state index in [1.54, 1.807) is 12.1 Å². The van der Waals surface area contributed by atoms with Gasteiger partial charge in [0.2, 0.25) is 0 Å². The summed E-state index contributed by atoms with van der Waals surface area (Å²) in [6.45, 7) is 0. The Hall–Kier alpha value is -2.71. The van der Waals surface area contributed by atoms with Crippen LogP contribution in [0.2, 0.25) is 0 Å². The number of halogens is 3. The van der Waals surface area contributed by atoms with Crippen LogP contribution in [0.25, 0.3) is 0 Å². The molecule has 0 bridgehead atoms. The molecule has 9 heteroatoms. The summed E-state index contributed by atoms with van der Waals surface area (Å²) in [7, 11) is 0. The smallest absolute Gasteiger partial charge is 0.382 e. The number of carbonyl (C=O) groups excluding carboxylic acids is 1. The molecule has 2 aromatic heterocycles. The van der Waals surface area contributed by atoms with Gasteiger partial charge in [-0.25, -0.2) is 9.97 Å². The maximum Gasteiger partial charge on any atom is 0.435 e. The SMILES string of the molecule is NC(=O)c1nc(CCc2ccncc2)c(C(F)(F)F)nc1N. The topological polar surface area (TPSA) is 108 Å². The summed E-state index contributed by atoms with van der Waals surface area (Å²) in [6.07, 6.45) is -1.44. The maximum absolute atomic E-state index is 13.0. The molecule has 2 heterocycles. The van der Waals surface area contributed by atoms with Crippen molar-refractivity contribution < 1.29 is 18.0 Å². The highest BCUT2D eigenvalue weighted by atomic mass is 19.4. The number of hydrogen-bond acceptors (Lipinski definition) is 5. The minimum atomic E-state index is -4.72. The van der Waals surface area contributed by atoms with Crippen molar-refractivity contribution in [2.45, 2.75) is 19.0 Å². The number of carbonyl (C=O) groups is 1. The van der Waals surface area contributed by atoms with E-state index in [4.69, 9.17) is 11.5 Å². The van der Waals surface area contributed by atoms with Gasteiger partial charge >= 0.3 is 6.18 Å². The van der Waals surface area contributed by atoms with Crippen LogP contribution >= 0.6 is 0 Å². The Morgan fingerprint density at radius 3 is 2.32 bits per heavy atom. The normalized spacial score (nSPS) is 11.4. The lowest BCUT2D eigenvalue weighted by atomic mass is 10.1. The zero-order valence-corrected chi connectivity index (χ0v) is 11.3. The highest BCUT2D eigenvalue weighted by molar-refractivity contribution is 5.95. The van der Waals surface area contributed by atoms with Crippen LogP contribution in [0.5, 0.6) is 0 Å². The van der Waals surface area contributed by atoms with Crippen molar-refractivity contribution in [2.75, 3.05) is 5.73 Å². The first kappa shape index (κ1) is 15.7. The second-order valence-corrected chi connectivity index (χ2v) is 4.47. The van der Waals surface area contributed by atoms with Crippen LogP contribution in [0.4, 0.5) is 19.0 Å². The van der Waals surface area contributed by atoms with Gasteiger partial charge < -0.3 is 11.5 Å². The lowest BCUT2D eigenvalue weighted by Gasteiger charge is -2.13. The van der Waals surface area contributed by atoms with E-state index in [1.807, 2.05) is 0 Å². The molecular formula is C13H12F3N5O. The second-order valence-electron chi connectivity index (χ2n) is 4.47. The van der Waals surface area contributed by atoms with Crippen LogP contribution in [0.15, 0.2) is 24.5 Å². The lowest BCUT2D eigenvalue weighted by Crippen LogP contribution is -2.22. The monoisotopic (exact) mass is 311 g/mol. The number of aromatic nitrogens is 3. The van der Waals surface area contributed by atoms with Crippen molar-refractivity contribution in [3.05, 3.63) is 47.2 Å². The number of nitrogen functional groups attached to an aromatic ring is 1. The second kappa shape index (κ2) is 5.96. The Labute approximate surface area is 123 Å². The summed E-state index contributed by atoms with van der Waals surface area (Å²) in [5.41, 5.74) is 9.10. The third-order valence-corrected chi connectivity index (χ3v) is 2.90. The molecule has 0 radical (unpaired) electrons. The number of aryl methyl sites for hydroxylation is 2. The zero-order valence-electron chi connectivity index (χ0n) is 11.3. The molecule has 0 aliphatic carbocycles. The van der Waals surface area contributed by atoms with Gasteiger partial charge in [-0.1, -0.05) is 0 Å². The Morgan fingerprint density at radius 1 is 1.14 bits per heavy atom. The average Bonchev–Trinajstić information content (AvgIpc) is 2.45. The van der Waals surface area contributed by atoms with E-state index < -0.39 is 29.3 Å². The molecule has 0 saturated heterocycles. The predicted octanol–water partition coefficient (Wildman–Crippen LogP) is 1.36. The molecule has 0 aliphatic rings. The molecule has 6 nitrogen and oxygen atoms in total. The predicted molar refractivity (Wildman–Crippen MR) is 71.6 cm³/mol. The highest BCUT2D eigenvalue weighted by Crippen LogP contribution is 2.31. The van der Waals surface area contributed by atoms with E-state index in [-0.39, 0.29) is 18.5 Å². The number of primary amides is 1. The molecule has 1 amide bonds. The van der Waals surface area contributed by atoms with E-state index >= 15 is 0 Å². The third-order valence-electron chi connectivity index (χ3n) is 2.90. The van der Waals surface area contributed by atoms with E-state index in [9.17, 15) is 18.0 Å². The van der Waals surface area contributed by atoms with E-state index in [1.165, 1.54) is 12.4 Å². The summed E-state index contributed by atoms with van der Waals surface area (Å²) >= 11 is 0. The van der Waals surface area contributed by atoms with Crippen molar-refractivity contribution >= 4 is 11.7 Å². The molecule has 0 aliphatic heterocycles. The summed E-state index contributed by atoms with van der Waals surface area (Å²) in [6, 6.07) is 3.35. The number of anilines is 1. The maximum atomic E-state index is 13.0. The Bertz CT molecular complexity index is 688. The van der Waals surface area contributed by atoms with E-state index in [2.05, 4.69) is 15.0 Å². The van der Waals surface area contributed by atoms with Gasteiger partial charge in [0.05, 0.1) is 5.69 Å². The van der Waals surface area contributed by atoms with Gasteiger partial charge in [0.25, 0.3) is 5.91 Å². The molecule has 0 saturated carbocycles. The summed E-state index contributed by atoms with van der Waals surface area (Å²) in [5, 5.41) is 0. The fourth-order valence-electron chi connectivity index (χ4n) is 1.88. The molecule has 0 atom stereocenters. The van der Waals surface area contributed by atoms with Gasteiger partial charge in [-0.3, -0.25) is 9.78 Å². The van der Waals surface area contributed by atoms with Gasteiger partial charge in [0, 0.05) is 12.4 Å². The van der Waals surface area contributed by atoms with Crippen LogP contribution in [0, 0.1) is 0 Å². The molecule has 0 unspecified atom stereocenters. The Kier molecular flexibility index (Phi) is 4.25. The van der Waals surface area contributed by atoms with Crippen LogP contribution < -0.4 is 11.5 Å². The van der Waals surface area contributed by atoms with Gasteiger partial charge in [-0.05, 0) is 30.5 Å². The molecule has 0 spiro atoms. The largest absolute Gasteiger partial charge is 0.435 e. The minimum Gasteiger partial charge on any atom is -0.382 e. The van der Waals surface area contributed by atoms with Crippen LogP contribution in [0.1, 0.15) is 27.4 Å². The van der Waals surface area contributed by atoms with Gasteiger partial charge in [-0.2, -0.15) is 13.2 Å². The van der Waals surface area contributed by atoms with Crippen LogP contribution in [0.3, 0.4) is 0 Å².